The molecule has 234 valence electrons. The number of thiophene rings is 1. The number of hydrogen-bond acceptors (Lipinski definition) is 2. The van der Waals surface area contributed by atoms with Crippen molar-refractivity contribution in [3.63, 3.8) is 0 Å². The summed E-state index contributed by atoms with van der Waals surface area (Å²) in [7, 11) is 0. The minimum absolute atomic E-state index is 0.147. The lowest BCUT2D eigenvalue weighted by Gasteiger charge is -2.37. The molecule has 8 aromatic rings. The maximum atomic E-state index is 2.52. The van der Waals surface area contributed by atoms with Gasteiger partial charge in [0.25, 0.3) is 0 Å². The Bertz CT molecular complexity index is 2590. The first-order chi connectivity index (χ1) is 24.2. The van der Waals surface area contributed by atoms with E-state index in [1.165, 1.54) is 95.9 Å². The quantitative estimate of drug-likeness (QED) is 0.184. The van der Waals surface area contributed by atoms with Gasteiger partial charge in [-0.25, -0.2) is 0 Å². The molecule has 3 unspecified atom stereocenters. The molecule has 2 bridgehead atoms. The molecule has 2 fully saturated rings. The molecule has 0 amide bonds. The van der Waals surface area contributed by atoms with Gasteiger partial charge in [0.2, 0.25) is 0 Å². The zero-order valence-corrected chi connectivity index (χ0v) is 28.1. The lowest BCUT2D eigenvalue weighted by molar-refractivity contribution is 0.327. The Morgan fingerprint density at radius 1 is 0.551 bits per heavy atom. The van der Waals surface area contributed by atoms with Gasteiger partial charge >= 0.3 is 0 Å². The minimum Gasteiger partial charge on any atom is -0.310 e. The molecule has 3 aliphatic rings. The molecular formula is C47H35NS. The summed E-state index contributed by atoms with van der Waals surface area (Å²) >= 11 is 1.88. The third-order valence-electron chi connectivity index (χ3n) is 12.1. The van der Waals surface area contributed by atoms with E-state index in [1.807, 2.05) is 11.3 Å². The second kappa shape index (κ2) is 10.4. The normalized spacial score (nSPS) is 20.4. The number of benzene rings is 7. The summed E-state index contributed by atoms with van der Waals surface area (Å²) < 4.78 is 2.69. The van der Waals surface area contributed by atoms with Crippen LogP contribution in [0.5, 0.6) is 0 Å². The predicted octanol–water partition coefficient (Wildman–Crippen LogP) is 13.4. The molecule has 1 nitrogen and oxygen atoms in total. The smallest absolute Gasteiger partial charge is 0.0543 e. The van der Waals surface area contributed by atoms with E-state index in [0.717, 1.165) is 11.8 Å². The summed E-state index contributed by atoms with van der Waals surface area (Å²) in [5.41, 5.74) is 12.3. The van der Waals surface area contributed by atoms with Crippen LogP contribution in [0.15, 0.2) is 152 Å². The molecule has 49 heavy (non-hydrogen) atoms. The van der Waals surface area contributed by atoms with Crippen molar-refractivity contribution >= 4 is 59.3 Å². The zero-order chi connectivity index (χ0) is 32.1. The number of rotatable bonds is 4. The molecule has 3 aliphatic carbocycles. The average Bonchev–Trinajstić information content (AvgIpc) is 3.94. The first-order valence-corrected chi connectivity index (χ1v) is 18.6. The fourth-order valence-corrected chi connectivity index (χ4v) is 11.1. The molecule has 0 N–H and O–H groups in total. The Kier molecular flexibility index (Phi) is 5.89. The third-order valence-corrected chi connectivity index (χ3v) is 13.3. The molecule has 0 radical (unpaired) electrons. The van der Waals surface area contributed by atoms with E-state index in [0.29, 0.717) is 0 Å². The minimum atomic E-state index is 0.147. The van der Waals surface area contributed by atoms with E-state index in [1.54, 1.807) is 11.1 Å². The number of hydrogen-bond donors (Lipinski definition) is 0. The Labute approximate surface area is 291 Å². The van der Waals surface area contributed by atoms with Crippen molar-refractivity contribution in [2.24, 2.45) is 11.8 Å². The van der Waals surface area contributed by atoms with E-state index in [4.69, 9.17) is 0 Å². The van der Waals surface area contributed by atoms with Gasteiger partial charge in [-0.2, -0.15) is 0 Å². The molecule has 7 aromatic carbocycles. The van der Waals surface area contributed by atoms with Crippen LogP contribution in [0.25, 0.3) is 53.2 Å². The molecule has 0 saturated heterocycles. The number of fused-ring (bicyclic) bond motifs is 12. The monoisotopic (exact) mass is 645 g/mol. The topological polar surface area (TPSA) is 3.24 Å². The molecule has 1 aromatic heterocycles. The lowest BCUT2D eigenvalue weighted by atomic mass is 9.67. The van der Waals surface area contributed by atoms with E-state index in [2.05, 4.69) is 157 Å². The maximum absolute atomic E-state index is 2.52. The van der Waals surface area contributed by atoms with Crippen molar-refractivity contribution in [2.75, 3.05) is 4.90 Å². The van der Waals surface area contributed by atoms with Crippen LogP contribution in [-0.2, 0) is 5.41 Å². The fraction of sp³-hybridized carbons (Fsp3) is 0.149. The summed E-state index contributed by atoms with van der Waals surface area (Å²) in [4.78, 5) is 2.52. The van der Waals surface area contributed by atoms with Crippen molar-refractivity contribution in [3.05, 3.63) is 163 Å². The van der Waals surface area contributed by atoms with Gasteiger partial charge in [-0.3, -0.25) is 0 Å². The Morgan fingerprint density at radius 3 is 2.18 bits per heavy atom. The van der Waals surface area contributed by atoms with Crippen molar-refractivity contribution in [1.29, 1.82) is 0 Å². The van der Waals surface area contributed by atoms with Crippen LogP contribution in [0.1, 0.15) is 36.8 Å². The summed E-state index contributed by atoms with van der Waals surface area (Å²) in [5, 5.41) is 5.21. The van der Waals surface area contributed by atoms with Crippen LogP contribution in [0.4, 0.5) is 17.1 Å². The van der Waals surface area contributed by atoms with Crippen LogP contribution >= 0.6 is 11.3 Å². The summed E-state index contributed by atoms with van der Waals surface area (Å²) in [5.74, 6) is 1.59. The van der Waals surface area contributed by atoms with Gasteiger partial charge in [0.1, 0.15) is 0 Å². The van der Waals surface area contributed by atoms with Crippen molar-refractivity contribution in [3.8, 4) is 22.3 Å². The van der Waals surface area contributed by atoms with Crippen LogP contribution < -0.4 is 4.90 Å². The van der Waals surface area contributed by atoms with Crippen LogP contribution in [-0.4, -0.2) is 0 Å². The van der Waals surface area contributed by atoms with Crippen LogP contribution in [0.3, 0.4) is 0 Å². The summed E-state index contributed by atoms with van der Waals surface area (Å²) in [6, 6.07) is 57.2. The molecule has 3 atom stereocenters. The van der Waals surface area contributed by atoms with Crippen molar-refractivity contribution < 1.29 is 0 Å². The molecule has 2 heteroatoms. The SMILES string of the molecule is c1ccc2c(c1)-c1c(N(c3ccc(-c4ccc5sc6ccccc6c5c4)cc3)c3ccc4ccccc4c3)cccc1C21CC2CCC1C2. The summed E-state index contributed by atoms with van der Waals surface area (Å²) in [6.45, 7) is 0. The largest absolute Gasteiger partial charge is 0.310 e. The molecular weight excluding hydrogens is 611 g/mol. The Morgan fingerprint density at radius 2 is 1.31 bits per heavy atom. The van der Waals surface area contributed by atoms with E-state index >= 15 is 0 Å². The predicted molar refractivity (Wildman–Crippen MR) is 209 cm³/mol. The van der Waals surface area contributed by atoms with Gasteiger partial charge in [-0.1, -0.05) is 110 Å². The first-order valence-electron chi connectivity index (χ1n) is 17.8. The molecule has 0 aliphatic heterocycles. The van der Waals surface area contributed by atoms with Crippen LogP contribution in [0.2, 0.25) is 0 Å². The van der Waals surface area contributed by atoms with Crippen molar-refractivity contribution in [2.45, 2.75) is 31.1 Å². The van der Waals surface area contributed by atoms with E-state index in [-0.39, 0.29) is 5.41 Å². The standard InChI is InChI=1S/C47H35NS/c1-2-9-33-27-37(24-19-31(33)8-1)48(36-22-17-32(18-23-36)34-20-25-45-40(28-34)38-10-4-6-15-44(38)49-45)43-14-7-13-42-46(43)39-11-3-5-12-41(39)47(42)29-30-16-21-35(47)26-30/h1-15,17-20,22-25,27-28,30,35H,16,21,26,29H2. The van der Waals surface area contributed by atoms with E-state index in [9.17, 15) is 0 Å². The molecule has 11 rings (SSSR count). The van der Waals surface area contributed by atoms with Gasteiger partial charge in [0, 0.05) is 42.5 Å². The van der Waals surface area contributed by atoms with Crippen LogP contribution in [0, 0.1) is 11.8 Å². The van der Waals surface area contributed by atoms with Gasteiger partial charge in [-0.05, 0) is 118 Å². The summed E-state index contributed by atoms with van der Waals surface area (Å²) in [6.07, 6.45) is 5.42. The second-order valence-electron chi connectivity index (χ2n) is 14.5. The van der Waals surface area contributed by atoms with Crippen molar-refractivity contribution in [1.82, 2.24) is 0 Å². The van der Waals surface area contributed by atoms with E-state index < -0.39 is 0 Å². The zero-order valence-electron chi connectivity index (χ0n) is 27.3. The molecule has 1 spiro atoms. The maximum Gasteiger partial charge on any atom is 0.0543 e. The lowest BCUT2D eigenvalue weighted by Crippen LogP contribution is -2.31. The third kappa shape index (κ3) is 3.98. The van der Waals surface area contributed by atoms with Gasteiger partial charge in [-0.15, -0.1) is 11.3 Å². The highest BCUT2D eigenvalue weighted by Crippen LogP contribution is 2.67. The molecule has 1 heterocycles. The van der Waals surface area contributed by atoms with Gasteiger partial charge in [0.15, 0.2) is 0 Å². The highest BCUT2D eigenvalue weighted by Gasteiger charge is 2.57. The Hall–Kier alpha value is -5.18. The highest BCUT2D eigenvalue weighted by atomic mass is 32.1. The molecule has 2 saturated carbocycles. The number of anilines is 3. The fourth-order valence-electron chi connectivity index (χ4n) is 10.1. The van der Waals surface area contributed by atoms with Gasteiger partial charge in [0.05, 0.1) is 5.69 Å². The highest BCUT2D eigenvalue weighted by molar-refractivity contribution is 7.25. The number of nitrogens with zero attached hydrogens (tertiary/aromatic N) is 1. The average molecular weight is 646 g/mol. The first kappa shape index (κ1) is 27.7. The Balaban J connectivity index is 1.09. The van der Waals surface area contributed by atoms with Gasteiger partial charge < -0.3 is 4.90 Å². The second-order valence-corrected chi connectivity index (χ2v) is 15.6.